The molecule has 0 N–H and O–H groups in total. The Labute approximate surface area is 119 Å². The largest absolute Gasteiger partial charge is 0.416 e. The van der Waals surface area contributed by atoms with E-state index < -0.39 is 23.3 Å². The van der Waals surface area contributed by atoms with Gasteiger partial charge in [0.05, 0.1) is 5.56 Å². The zero-order valence-electron chi connectivity index (χ0n) is 11.4. The molecule has 0 amide bonds. The van der Waals surface area contributed by atoms with Crippen LogP contribution in [0.5, 0.6) is 0 Å². The minimum atomic E-state index is -4.44. The van der Waals surface area contributed by atoms with Crippen LogP contribution in [0.4, 0.5) is 17.6 Å². The molecule has 0 aliphatic rings. The molecule has 2 aromatic carbocycles. The zero-order valence-corrected chi connectivity index (χ0v) is 11.4. The maximum atomic E-state index is 13.2. The third-order valence-corrected chi connectivity index (χ3v) is 3.20. The maximum absolute atomic E-state index is 13.2. The second-order valence-corrected chi connectivity index (χ2v) is 4.82. The lowest BCUT2D eigenvalue weighted by molar-refractivity contribution is -0.137. The van der Waals surface area contributed by atoms with Crippen LogP contribution in [0.2, 0.25) is 0 Å². The molecule has 0 radical (unpaired) electrons. The lowest BCUT2D eigenvalue weighted by atomic mass is 9.94. The number of aryl methyl sites for hydroxylation is 2. The van der Waals surface area contributed by atoms with Crippen LogP contribution < -0.4 is 0 Å². The molecule has 0 fully saturated rings. The summed E-state index contributed by atoms with van der Waals surface area (Å²) in [6.07, 6.45) is -4.44. The fraction of sp³-hybridized carbons (Fsp3) is 0.188. The monoisotopic (exact) mass is 296 g/mol. The number of benzene rings is 2. The molecule has 0 aromatic heterocycles. The van der Waals surface area contributed by atoms with Gasteiger partial charge in [0, 0.05) is 11.1 Å². The Balaban J connectivity index is 2.42. The van der Waals surface area contributed by atoms with Gasteiger partial charge in [0.25, 0.3) is 0 Å². The second kappa shape index (κ2) is 5.31. The number of alkyl halides is 3. The molecule has 2 rings (SSSR count). The van der Waals surface area contributed by atoms with Crippen molar-refractivity contribution in [3.05, 3.63) is 70.0 Å². The van der Waals surface area contributed by atoms with Gasteiger partial charge in [0.2, 0.25) is 0 Å². The van der Waals surface area contributed by atoms with Gasteiger partial charge in [-0.1, -0.05) is 12.1 Å². The maximum Gasteiger partial charge on any atom is 0.416 e. The number of halogens is 4. The zero-order chi connectivity index (χ0) is 15.8. The van der Waals surface area contributed by atoms with Crippen LogP contribution in [-0.2, 0) is 6.18 Å². The first-order valence-corrected chi connectivity index (χ1v) is 6.19. The predicted octanol–water partition coefficient (Wildman–Crippen LogP) is 4.69. The first-order chi connectivity index (χ1) is 9.70. The van der Waals surface area contributed by atoms with Gasteiger partial charge >= 0.3 is 6.18 Å². The van der Waals surface area contributed by atoms with Crippen LogP contribution in [0, 0.1) is 19.7 Å². The Hall–Kier alpha value is -2.17. The highest BCUT2D eigenvalue weighted by Gasteiger charge is 2.30. The van der Waals surface area contributed by atoms with E-state index in [0.717, 1.165) is 24.3 Å². The molecule has 0 saturated carbocycles. The third kappa shape index (κ3) is 3.12. The van der Waals surface area contributed by atoms with Crippen LogP contribution in [0.1, 0.15) is 32.6 Å². The number of carbonyl (C=O) groups is 1. The Morgan fingerprint density at radius 1 is 0.952 bits per heavy atom. The third-order valence-electron chi connectivity index (χ3n) is 3.20. The minimum Gasteiger partial charge on any atom is -0.289 e. The number of ketones is 1. The van der Waals surface area contributed by atoms with E-state index in [1.54, 1.807) is 13.8 Å². The van der Waals surface area contributed by atoms with E-state index in [4.69, 9.17) is 0 Å². The molecule has 0 saturated heterocycles. The normalized spacial score (nSPS) is 11.5. The number of rotatable bonds is 2. The second-order valence-electron chi connectivity index (χ2n) is 4.82. The van der Waals surface area contributed by atoms with Crippen molar-refractivity contribution in [1.82, 2.24) is 0 Å². The Morgan fingerprint density at radius 3 is 1.86 bits per heavy atom. The fourth-order valence-corrected chi connectivity index (χ4v) is 2.22. The molecule has 0 bridgehead atoms. The Kier molecular flexibility index (Phi) is 3.85. The van der Waals surface area contributed by atoms with Crippen molar-refractivity contribution in [3.63, 3.8) is 0 Å². The van der Waals surface area contributed by atoms with E-state index in [9.17, 15) is 22.4 Å². The van der Waals surface area contributed by atoms with Crippen LogP contribution in [0.15, 0.2) is 36.4 Å². The fourth-order valence-electron chi connectivity index (χ4n) is 2.22. The molecule has 0 atom stereocenters. The summed E-state index contributed by atoms with van der Waals surface area (Å²) in [7, 11) is 0. The molecule has 0 heterocycles. The van der Waals surface area contributed by atoms with E-state index in [-0.39, 0.29) is 5.56 Å². The van der Waals surface area contributed by atoms with Crippen LogP contribution in [-0.4, -0.2) is 5.78 Å². The Morgan fingerprint density at radius 2 is 1.43 bits per heavy atom. The molecule has 0 spiro atoms. The first-order valence-electron chi connectivity index (χ1n) is 6.19. The summed E-state index contributed by atoms with van der Waals surface area (Å²) in [4.78, 5) is 12.4. The van der Waals surface area contributed by atoms with Crippen molar-refractivity contribution in [1.29, 1.82) is 0 Å². The summed E-state index contributed by atoms with van der Waals surface area (Å²) >= 11 is 0. The number of hydrogen-bond acceptors (Lipinski definition) is 1. The summed E-state index contributed by atoms with van der Waals surface area (Å²) < 4.78 is 50.7. The van der Waals surface area contributed by atoms with Gasteiger partial charge < -0.3 is 0 Å². The summed E-state index contributed by atoms with van der Waals surface area (Å²) in [6, 6.07) is 6.44. The molecular weight excluding hydrogens is 284 g/mol. The van der Waals surface area contributed by atoms with Gasteiger partial charge in [-0.2, -0.15) is 13.2 Å². The van der Waals surface area contributed by atoms with Crippen molar-refractivity contribution in [2.45, 2.75) is 20.0 Å². The SMILES string of the molecule is Cc1cc(F)cc(C)c1C(=O)c1ccc(C(F)(F)F)cc1. The summed E-state index contributed by atoms with van der Waals surface area (Å²) in [5, 5.41) is 0. The van der Waals surface area contributed by atoms with Crippen molar-refractivity contribution in [2.75, 3.05) is 0 Å². The summed E-state index contributed by atoms with van der Waals surface area (Å²) in [6.45, 7) is 3.18. The van der Waals surface area contributed by atoms with E-state index in [1.807, 2.05) is 0 Å². The van der Waals surface area contributed by atoms with Crippen LogP contribution in [0.3, 0.4) is 0 Å². The van der Waals surface area contributed by atoms with Crippen molar-refractivity contribution < 1.29 is 22.4 Å². The summed E-state index contributed by atoms with van der Waals surface area (Å²) in [5.41, 5.74) is 0.554. The van der Waals surface area contributed by atoms with Gasteiger partial charge in [-0.25, -0.2) is 4.39 Å². The van der Waals surface area contributed by atoms with Gasteiger partial charge in [0.15, 0.2) is 5.78 Å². The van der Waals surface area contributed by atoms with Crippen molar-refractivity contribution >= 4 is 5.78 Å². The van der Waals surface area contributed by atoms with E-state index in [2.05, 4.69) is 0 Å². The van der Waals surface area contributed by atoms with E-state index >= 15 is 0 Å². The minimum absolute atomic E-state index is 0.140. The molecular formula is C16H12F4O. The van der Waals surface area contributed by atoms with Crippen LogP contribution in [0.25, 0.3) is 0 Å². The van der Waals surface area contributed by atoms with Gasteiger partial charge in [-0.05, 0) is 49.2 Å². The highest BCUT2D eigenvalue weighted by Crippen LogP contribution is 2.29. The van der Waals surface area contributed by atoms with E-state index in [0.29, 0.717) is 16.7 Å². The standard InChI is InChI=1S/C16H12F4O/c1-9-7-13(17)8-10(2)14(9)15(21)11-3-5-12(6-4-11)16(18,19)20/h3-8H,1-2H3. The Bertz CT molecular complexity index is 661. The quantitative estimate of drug-likeness (QED) is 0.580. The predicted molar refractivity (Wildman–Crippen MR) is 70.8 cm³/mol. The molecule has 0 aliphatic carbocycles. The van der Waals surface area contributed by atoms with Gasteiger partial charge in [0.1, 0.15) is 5.82 Å². The first kappa shape index (κ1) is 15.2. The number of carbonyl (C=O) groups excluding carboxylic acids is 1. The van der Waals surface area contributed by atoms with Crippen molar-refractivity contribution in [3.8, 4) is 0 Å². The van der Waals surface area contributed by atoms with E-state index in [1.165, 1.54) is 12.1 Å². The topological polar surface area (TPSA) is 17.1 Å². The molecule has 0 unspecified atom stereocenters. The molecule has 2 aromatic rings. The molecule has 0 aliphatic heterocycles. The number of hydrogen-bond donors (Lipinski definition) is 0. The van der Waals surface area contributed by atoms with Crippen LogP contribution >= 0.6 is 0 Å². The highest BCUT2D eigenvalue weighted by molar-refractivity contribution is 6.10. The molecule has 110 valence electrons. The highest BCUT2D eigenvalue weighted by atomic mass is 19.4. The lowest BCUT2D eigenvalue weighted by Gasteiger charge is -2.11. The average molecular weight is 296 g/mol. The lowest BCUT2D eigenvalue weighted by Crippen LogP contribution is -2.09. The van der Waals surface area contributed by atoms with Gasteiger partial charge in [-0.15, -0.1) is 0 Å². The average Bonchev–Trinajstić information content (AvgIpc) is 2.36. The smallest absolute Gasteiger partial charge is 0.289 e. The molecule has 5 heteroatoms. The summed E-state index contributed by atoms with van der Waals surface area (Å²) in [5.74, 6) is -0.868. The molecule has 21 heavy (non-hydrogen) atoms. The van der Waals surface area contributed by atoms with Crippen molar-refractivity contribution in [2.24, 2.45) is 0 Å². The molecule has 1 nitrogen and oxygen atoms in total. The van der Waals surface area contributed by atoms with Gasteiger partial charge in [-0.3, -0.25) is 4.79 Å².